The maximum absolute atomic E-state index is 6.17. The highest BCUT2D eigenvalue weighted by molar-refractivity contribution is 5.64. The summed E-state index contributed by atoms with van der Waals surface area (Å²) in [4.78, 5) is 0. The van der Waals surface area contributed by atoms with Gasteiger partial charge in [-0.25, -0.2) is 0 Å². The van der Waals surface area contributed by atoms with Gasteiger partial charge >= 0.3 is 0 Å². The summed E-state index contributed by atoms with van der Waals surface area (Å²) in [5, 5.41) is 0. The van der Waals surface area contributed by atoms with Gasteiger partial charge in [-0.3, -0.25) is 0 Å². The Balaban J connectivity index is 1.23. The van der Waals surface area contributed by atoms with E-state index in [4.69, 9.17) is 9.47 Å². The van der Waals surface area contributed by atoms with E-state index < -0.39 is 0 Å². The lowest BCUT2D eigenvalue weighted by Crippen LogP contribution is -2.31. The maximum Gasteiger partial charge on any atom is 0.106 e. The SMILES string of the molecule is CCCCCC[C@H]1CO[C@H](c2ccc(-c3ccc(C4CCC(CCCCC)CC4)cc3)cc2)CO1. The highest BCUT2D eigenvalue weighted by Gasteiger charge is 2.24. The van der Waals surface area contributed by atoms with Crippen molar-refractivity contribution in [3.8, 4) is 11.1 Å². The number of benzene rings is 2. The molecule has 0 bridgehead atoms. The molecule has 0 amide bonds. The molecule has 0 aromatic heterocycles. The van der Waals surface area contributed by atoms with E-state index in [1.807, 2.05) is 0 Å². The molecule has 2 fully saturated rings. The van der Waals surface area contributed by atoms with Crippen LogP contribution in [0.15, 0.2) is 48.5 Å². The summed E-state index contributed by atoms with van der Waals surface area (Å²) in [6, 6.07) is 18.3. The van der Waals surface area contributed by atoms with Gasteiger partial charge in [0, 0.05) is 0 Å². The minimum Gasteiger partial charge on any atom is -0.373 e. The van der Waals surface area contributed by atoms with Crippen molar-refractivity contribution in [2.75, 3.05) is 13.2 Å². The normalized spacial score (nSPS) is 25.0. The van der Waals surface area contributed by atoms with Gasteiger partial charge in [-0.05, 0) is 66.2 Å². The predicted molar refractivity (Wildman–Crippen MR) is 148 cm³/mol. The Kier molecular flexibility index (Phi) is 10.7. The monoisotopic (exact) mass is 476 g/mol. The van der Waals surface area contributed by atoms with Crippen molar-refractivity contribution in [3.63, 3.8) is 0 Å². The van der Waals surface area contributed by atoms with Gasteiger partial charge in [-0.1, -0.05) is 114 Å². The molecule has 1 aliphatic carbocycles. The summed E-state index contributed by atoms with van der Waals surface area (Å²) in [5.41, 5.74) is 5.35. The molecule has 2 nitrogen and oxygen atoms in total. The molecule has 192 valence electrons. The van der Waals surface area contributed by atoms with Gasteiger partial charge in [-0.2, -0.15) is 0 Å². The van der Waals surface area contributed by atoms with Crippen LogP contribution in [0.25, 0.3) is 11.1 Å². The topological polar surface area (TPSA) is 18.5 Å². The standard InChI is InChI=1S/C33H48O2/c1-3-5-7-9-11-32-24-35-33(25-34-32)31-22-20-30(21-23-31)29-18-16-28(17-19-29)27-14-12-26(13-15-27)10-8-6-4-2/h16-23,26-27,32-33H,3-15,24-25H2,1-2H3/t26?,27?,32-,33-/m0/s1. The smallest absolute Gasteiger partial charge is 0.106 e. The molecule has 4 rings (SSSR count). The fourth-order valence-corrected chi connectivity index (χ4v) is 6.01. The average Bonchev–Trinajstić information content (AvgIpc) is 2.92. The van der Waals surface area contributed by atoms with Gasteiger partial charge in [0.05, 0.1) is 19.3 Å². The zero-order valence-electron chi connectivity index (χ0n) is 22.4. The van der Waals surface area contributed by atoms with E-state index in [1.54, 1.807) is 0 Å². The van der Waals surface area contributed by atoms with E-state index in [0.717, 1.165) is 24.9 Å². The van der Waals surface area contributed by atoms with E-state index >= 15 is 0 Å². The second-order valence-corrected chi connectivity index (χ2v) is 11.1. The Bertz CT molecular complexity index is 824. The van der Waals surface area contributed by atoms with Crippen LogP contribution in [0.5, 0.6) is 0 Å². The van der Waals surface area contributed by atoms with Crippen LogP contribution in [-0.2, 0) is 9.47 Å². The van der Waals surface area contributed by atoms with Crippen molar-refractivity contribution in [2.24, 2.45) is 5.92 Å². The summed E-state index contributed by atoms with van der Waals surface area (Å²) in [6.07, 6.45) is 17.8. The largest absolute Gasteiger partial charge is 0.373 e. The molecule has 0 radical (unpaired) electrons. The summed E-state index contributed by atoms with van der Waals surface area (Å²) < 4.78 is 12.3. The van der Waals surface area contributed by atoms with Crippen LogP contribution < -0.4 is 0 Å². The number of rotatable bonds is 12. The molecule has 2 aromatic rings. The lowest BCUT2D eigenvalue weighted by atomic mass is 9.77. The summed E-state index contributed by atoms with van der Waals surface area (Å²) >= 11 is 0. The van der Waals surface area contributed by atoms with Crippen molar-refractivity contribution in [3.05, 3.63) is 59.7 Å². The highest BCUT2D eigenvalue weighted by Crippen LogP contribution is 2.38. The molecule has 2 heteroatoms. The van der Waals surface area contributed by atoms with Crippen LogP contribution in [0.3, 0.4) is 0 Å². The summed E-state index contributed by atoms with van der Waals surface area (Å²) in [5.74, 6) is 1.73. The molecule has 1 saturated heterocycles. The van der Waals surface area contributed by atoms with Gasteiger partial charge in [0.2, 0.25) is 0 Å². The molecule has 1 aliphatic heterocycles. The van der Waals surface area contributed by atoms with Gasteiger partial charge in [0.25, 0.3) is 0 Å². The lowest BCUT2D eigenvalue weighted by molar-refractivity contribution is -0.137. The zero-order valence-corrected chi connectivity index (χ0v) is 22.4. The highest BCUT2D eigenvalue weighted by atomic mass is 16.6. The number of ether oxygens (including phenoxy) is 2. The van der Waals surface area contributed by atoms with Gasteiger partial charge in [0.15, 0.2) is 0 Å². The molecule has 1 heterocycles. The third-order valence-electron chi connectivity index (χ3n) is 8.41. The predicted octanol–water partition coefficient (Wildman–Crippen LogP) is 9.63. The van der Waals surface area contributed by atoms with E-state index in [9.17, 15) is 0 Å². The molecule has 1 saturated carbocycles. The Morgan fingerprint density at radius 3 is 1.80 bits per heavy atom. The van der Waals surface area contributed by atoms with Crippen LogP contribution in [-0.4, -0.2) is 19.3 Å². The Morgan fingerprint density at radius 1 is 0.600 bits per heavy atom. The van der Waals surface area contributed by atoms with Crippen LogP contribution in [0.2, 0.25) is 0 Å². The molecular weight excluding hydrogens is 428 g/mol. The maximum atomic E-state index is 6.17. The van der Waals surface area contributed by atoms with Crippen LogP contribution in [0.4, 0.5) is 0 Å². The first kappa shape index (κ1) is 26.4. The van der Waals surface area contributed by atoms with E-state index in [1.165, 1.54) is 99.3 Å². The molecule has 0 N–H and O–H groups in total. The first-order valence-corrected chi connectivity index (χ1v) is 14.7. The molecule has 0 spiro atoms. The Labute approximate surface area is 214 Å². The molecule has 2 atom stereocenters. The van der Waals surface area contributed by atoms with Crippen LogP contribution in [0, 0.1) is 5.92 Å². The Morgan fingerprint density at radius 2 is 1.20 bits per heavy atom. The minimum absolute atomic E-state index is 0.0652. The van der Waals surface area contributed by atoms with Crippen LogP contribution in [0.1, 0.15) is 120 Å². The number of unbranched alkanes of at least 4 members (excludes halogenated alkanes) is 5. The van der Waals surface area contributed by atoms with Crippen molar-refractivity contribution in [1.82, 2.24) is 0 Å². The molecule has 35 heavy (non-hydrogen) atoms. The van der Waals surface area contributed by atoms with Gasteiger partial charge in [0.1, 0.15) is 6.10 Å². The third-order valence-corrected chi connectivity index (χ3v) is 8.41. The first-order chi connectivity index (χ1) is 17.3. The fraction of sp³-hybridized carbons (Fsp3) is 0.636. The van der Waals surface area contributed by atoms with E-state index in [-0.39, 0.29) is 12.2 Å². The lowest BCUT2D eigenvalue weighted by Gasteiger charge is -2.30. The molecule has 2 aliphatic rings. The molecule has 0 unspecified atom stereocenters. The number of hydrogen-bond donors (Lipinski definition) is 0. The minimum atomic E-state index is 0.0652. The second-order valence-electron chi connectivity index (χ2n) is 11.1. The zero-order chi connectivity index (χ0) is 24.3. The van der Waals surface area contributed by atoms with Crippen molar-refractivity contribution in [1.29, 1.82) is 0 Å². The first-order valence-electron chi connectivity index (χ1n) is 14.7. The van der Waals surface area contributed by atoms with Crippen molar-refractivity contribution in [2.45, 2.75) is 115 Å². The Hall–Kier alpha value is -1.64. The summed E-state index contributed by atoms with van der Waals surface area (Å²) in [6.45, 7) is 5.96. The van der Waals surface area contributed by atoms with Crippen LogP contribution >= 0.6 is 0 Å². The molecular formula is C33H48O2. The number of hydrogen-bond acceptors (Lipinski definition) is 2. The van der Waals surface area contributed by atoms with Crippen molar-refractivity contribution >= 4 is 0 Å². The van der Waals surface area contributed by atoms with Gasteiger partial charge < -0.3 is 9.47 Å². The summed E-state index contributed by atoms with van der Waals surface area (Å²) in [7, 11) is 0. The second kappa shape index (κ2) is 14.2. The fourth-order valence-electron chi connectivity index (χ4n) is 6.01. The van der Waals surface area contributed by atoms with Gasteiger partial charge in [-0.15, -0.1) is 0 Å². The quantitative estimate of drug-likeness (QED) is 0.284. The molecule has 2 aromatic carbocycles. The van der Waals surface area contributed by atoms with Crippen molar-refractivity contribution < 1.29 is 9.47 Å². The average molecular weight is 477 g/mol. The van der Waals surface area contributed by atoms with E-state index in [2.05, 4.69) is 62.4 Å². The third kappa shape index (κ3) is 7.92. The van der Waals surface area contributed by atoms with E-state index in [0.29, 0.717) is 6.61 Å².